The largest absolute Gasteiger partial charge is 0.481 e. The molecular weight excluding hydrogens is 682 g/mol. The number of hydrogen-bond acceptors (Lipinski definition) is 13. The second kappa shape index (κ2) is 27.3. The number of ketones is 2. The number of carboxylic acids is 3. The zero-order chi connectivity index (χ0) is 38.8. The van der Waals surface area contributed by atoms with Crippen LogP contribution in [0.4, 0.5) is 0 Å². The van der Waals surface area contributed by atoms with Gasteiger partial charge in [0.25, 0.3) is 0 Å². The summed E-state index contributed by atoms with van der Waals surface area (Å²) in [5.74, 6) is -12.3. The van der Waals surface area contributed by atoms with Crippen LogP contribution in [0.25, 0.3) is 0 Å². The van der Waals surface area contributed by atoms with Gasteiger partial charge in [-0.15, -0.1) is 0 Å². The molecule has 0 aliphatic rings. The Hall–Kier alpha value is -4.49. The van der Waals surface area contributed by atoms with E-state index in [1.54, 1.807) is 6.92 Å². The first-order valence-corrected chi connectivity index (χ1v) is 16.5. The van der Waals surface area contributed by atoms with Gasteiger partial charge in [-0.2, -0.15) is 0 Å². The minimum atomic E-state index is -1.78. The highest BCUT2D eigenvalue weighted by atomic mass is 16.5. The Kier molecular flexibility index (Phi) is 24.9. The number of amides is 3. The molecule has 0 radical (unpaired) electrons. The third-order valence-electron chi connectivity index (χ3n) is 7.07. The van der Waals surface area contributed by atoms with E-state index in [-0.39, 0.29) is 52.2 Å². The number of Topliss-reactive ketones (excluding diaryl/α,β-unsaturated/α-hetero) is 2. The maximum Gasteiger partial charge on any atom is 0.305 e. The second-order valence-corrected chi connectivity index (χ2v) is 11.3. The van der Waals surface area contributed by atoms with Crippen molar-refractivity contribution in [2.45, 2.75) is 83.7 Å². The molecule has 0 aromatic rings. The van der Waals surface area contributed by atoms with Crippen molar-refractivity contribution in [3.8, 4) is 0 Å². The first-order valence-electron chi connectivity index (χ1n) is 16.5. The molecule has 0 bridgehead atoms. The maximum atomic E-state index is 13.4. The average Bonchev–Trinajstić information content (AvgIpc) is 3.04. The standard InChI is InChI=1S/C32H51N3O16/c1-4-6-26(38)34-22(18-28(41)42)24(36)15-20(7-8-30(45)51-5-2)32(47)35-23(19-29(43)44)25(37)16-21(17-27(39)40)31(46)33-9-10-49-13-14-50-12-11-48-3/h20-23H,4-19H2,1-3H3,(H,33,46)(H,34,38)(H,35,47)(H,39,40)(H,41,42)(H,43,44)/t20-,21+,22+,23+/m1/s1. The fourth-order valence-corrected chi connectivity index (χ4v) is 4.57. The molecule has 19 heteroatoms. The molecule has 0 spiro atoms. The van der Waals surface area contributed by atoms with Gasteiger partial charge in [-0.1, -0.05) is 6.92 Å². The van der Waals surface area contributed by atoms with Crippen molar-refractivity contribution < 1.29 is 77.4 Å². The molecule has 0 heterocycles. The third-order valence-corrected chi connectivity index (χ3v) is 7.07. The lowest BCUT2D eigenvalue weighted by molar-refractivity contribution is -0.145. The van der Waals surface area contributed by atoms with E-state index >= 15 is 0 Å². The molecule has 4 atom stereocenters. The van der Waals surface area contributed by atoms with Crippen LogP contribution in [0.15, 0.2) is 0 Å². The summed E-state index contributed by atoms with van der Waals surface area (Å²) in [7, 11) is 1.52. The minimum Gasteiger partial charge on any atom is -0.481 e. The van der Waals surface area contributed by atoms with Gasteiger partial charge in [-0.05, 0) is 19.8 Å². The molecule has 0 saturated heterocycles. The number of carbonyl (C=O) groups excluding carboxylic acids is 6. The summed E-state index contributed by atoms with van der Waals surface area (Å²) in [4.78, 5) is 111. The molecule has 0 aliphatic heterocycles. The number of hydrogen-bond donors (Lipinski definition) is 6. The Labute approximate surface area is 295 Å². The van der Waals surface area contributed by atoms with Crippen molar-refractivity contribution in [2.24, 2.45) is 11.8 Å². The summed E-state index contributed by atoms with van der Waals surface area (Å²) in [6, 6.07) is -3.30. The van der Waals surface area contributed by atoms with Gasteiger partial charge < -0.3 is 50.2 Å². The molecule has 19 nitrogen and oxygen atoms in total. The minimum absolute atomic E-state index is 0.00501. The van der Waals surface area contributed by atoms with E-state index in [0.717, 1.165) is 0 Å². The van der Waals surface area contributed by atoms with Crippen LogP contribution in [-0.2, 0) is 62.1 Å². The summed E-state index contributed by atoms with van der Waals surface area (Å²) in [6.45, 7) is 4.46. The molecular formula is C32H51N3O16. The van der Waals surface area contributed by atoms with E-state index in [1.165, 1.54) is 14.0 Å². The molecule has 51 heavy (non-hydrogen) atoms. The molecule has 0 aromatic carbocycles. The number of ether oxygens (including phenoxy) is 4. The van der Waals surface area contributed by atoms with Gasteiger partial charge in [-0.25, -0.2) is 0 Å². The number of carboxylic acid groups (broad SMARTS) is 3. The van der Waals surface area contributed by atoms with Crippen LogP contribution in [0, 0.1) is 11.8 Å². The summed E-state index contributed by atoms with van der Waals surface area (Å²) in [5.41, 5.74) is 0. The predicted octanol–water partition coefficient (Wildman–Crippen LogP) is -0.530. The zero-order valence-corrected chi connectivity index (χ0v) is 29.3. The first kappa shape index (κ1) is 46.5. The van der Waals surface area contributed by atoms with Crippen LogP contribution in [0.3, 0.4) is 0 Å². The molecule has 0 saturated carbocycles. The highest BCUT2D eigenvalue weighted by Crippen LogP contribution is 2.18. The van der Waals surface area contributed by atoms with Crippen molar-refractivity contribution in [3.63, 3.8) is 0 Å². The Morgan fingerprint density at radius 1 is 0.608 bits per heavy atom. The average molecular weight is 734 g/mol. The molecule has 0 fully saturated rings. The molecule has 290 valence electrons. The van der Waals surface area contributed by atoms with E-state index < -0.39 is 109 Å². The fourth-order valence-electron chi connectivity index (χ4n) is 4.57. The maximum absolute atomic E-state index is 13.4. The number of rotatable bonds is 31. The topological polar surface area (TPSA) is 287 Å². The smallest absolute Gasteiger partial charge is 0.305 e. The number of nitrogens with one attached hydrogen (secondary N) is 3. The van der Waals surface area contributed by atoms with Crippen LogP contribution in [-0.4, -0.2) is 134 Å². The summed E-state index contributed by atoms with van der Waals surface area (Å²) in [5, 5.41) is 35.1. The highest BCUT2D eigenvalue weighted by Gasteiger charge is 2.34. The van der Waals surface area contributed by atoms with Crippen molar-refractivity contribution in [1.82, 2.24) is 16.0 Å². The third kappa shape index (κ3) is 22.8. The van der Waals surface area contributed by atoms with E-state index in [9.17, 15) is 58.5 Å². The van der Waals surface area contributed by atoms with E-state index in [2.05, 4.69) is 16.0 Å². The SMILES string of the molecule is CCCC(=O)N[C@@H](CC(=O)O)C(=O)C[C@@H](CCC(=O)OCC)C(=O)N[C@@H](CC(=O)O)C(=O)C[C@@H](CC(=O)O)C(=O)NCCOCCOCCOC. The predicted molar refractivity (Wildman–Crippen MR) is 174 cm³/mol. The Morgan fingerprint density at radius 2 is 1.14 bits per heavy atom. The lowest BCUT2D eigenvalue weighted by Crippen LogP contribution is -2.48. The molecule has 6 N–H and O–H groups in total. The fraction of sp³-hybridized carbons (Fsp3) is 0.719. The van der Waals surface area contributed by atoms with Gasteiger partial charge in [-0.3, -0.25) is 43.2 Å². The lowest BCUT2D eigenvalue weighted by atomic mass is 9.90. The van der Waals surface area contributed by atoms with Crippen LogP contribution >= 0.6 is 0 Å². The lowest BCUT2D eigenvalue weighted by Gasteiger charge is -2.24. The molecule has 0 rings (SSSR count). The molecule has 0 unspecified atom stereocenters. The van der Waals surface area contributed by atoms with Gasteiger partial charge in [0, 0.05) is 45.3 Å². The van der Waals surface area contributed by atoms with Crippen LogP contribution in [0.2, 0.25) is 0 Å². The van der Waals surface area contributed by atoms with Crippen LogP contribution in [0.5, 0.6) is 0 Å². The number of aliphatic carboxylic acids is 3. The van der Waals surface area contributed by atoms with Gasteiger partial charge in [0.2, 0.25) is 17.7 Å². The quantitative estimate of drug-likeness (QED) is 0.0386. The second-order valence-electron chi connectivity index (χ2n) is 11.3. The number of esters is 1. The summed E-state index contributed by atoms with van der Waals surface area (Å²) in [6.07, 6.45) is -4.37. The highest BCUT2D eigenvalue weighted by molar-refractivity contribution is 5.98. The summed E-state index contributed by atoms with van der Waals surface area (Å²) >= 11 is 0. The monoisotopic (exact) mass is 733 g/mol. The van der Waals surface area contributed by atoms with Gasteiger partial charge in [0.1, 0.15) is 0 Å². The molecule has 0 aromatic heterocycles. The number of carbonyl (C=O) groups is 9. The van der Waals surface area contributed by atoms with E-state index in [0.29, 0.717) is 19.6 Å². The van der Waals surface area contributed by atoms with Crippen molar-refractivity contribution >= 4 is 53.2 Å². The normalized spacial score (nSPS) is 13.2. The first-order chi connectivity index (χ1) is 24.1. The van der Waals surface area contributed by atoms with Crippen LogP contribution in [0.1, 0.15) is 71.6 Å². The van der Waals surface area contributed by atoms with Crippen molar-refractivity contribution in [2.75, 3.05) is 53.3 Å². The van der Waals surface area contributed by atoms with Crippen molar-refractivity contribution in [1.29, 1.82) is 0 Å². The number of methoxy groups -OCH3 is 1. The van der Waals surface area contributed by atoms with Gasteiger partial charge in [0.15, 0.2) is 11.6 Å². The van der Waals surface area contributed by atoms with Crippen LogP contribution < -0.4 is 16.0 Å². The molecule has 3 amide bonds. The van der Waals surface area contributed by atoms with Gasteiger partial charge >= 0.3 is 23.9 Å². The van der Waals surface area contributed by atoms with Gasteiger partial charge in [0.05, 0.1) is 76.9 Å². The zero-order valence-electron chi connectivity index (χ0n) is 29.3. The Morgan fingerprint density at radius 3 is 1.67 bits per heavy atom. The van der Waals surface area contributed by atoms with E-state index in [1.807, 2.05) is 0 Å². The summed E-state index contributed by atoms with van der Waals surface area (Å²) < 4.78 is 20.3. The van der Waals surface area contributed by atoms with E-state index in [4.69, 9.17) is 18.9 Å². The Balaban J connectivity index is 5.85. The Bertz CT molecular complexity index is 1180. The molecule has 0 aliphatic carbocycles. The van der Waals surface area contributed by atoms with Crippen molar-refractivity contribution in [3.05, 3.63) is 0 Å².